The Morgan fingerprint density at radius 2 is 1.70 bits per heavy atom. The van der Waals surface area contributed by atoms with Crippen molar-refractivity contribution in [2.75, 3.05) is 13.2 Å². The molecule has 0 aliphatic carbocycles. The quantitative estimate of drug-likeness (QED) is 0.737. The fourth-order valence-electron chi connectivity index (χ4n) is 2.98. The van der Waals surface area contributed by atoms with E-state index in [1.54, 1.807) is 31.2 Å². The molecule has 1 aliphatic rings. The summed E-state index contributed by atoms with van der Waals surface area (Å²) in [7, 11) is 0. The van der Waals surface area contributed by atoms with E-state index in [0.29, 0.717) is 38.0 Å². The van der Waals surface area contributed by atoms with Gasteiger partial charge in [-0.2, -0.15) is 0 Å². The summed E-state index contributed by atoms with van der Waals surface area (Å²) in [5.74, 6) is -1.38. The summed E-state index contributed by atoms with van der Waals surface area (Å²) >= 11 is 0. The predicted octanol–water partition coefficient (Wildman–Crippen LogP) is 3.45. The van der Waals surface area contributed by atoms with Gasteiger partial charge < -0.3 is 19.5 Å². The number of hydrogen-bond donors (Lipinski definition) is 1. The molecule has 1 aromatic rings. The molecule has 150 valence electrons. The zero-order valence-electron chi connectivity index (χ0n) is 17.0. The Labute approximate surface area is 161 Å². The molecule has 2 rings (SSSR count). The van der Waals surface area contributed by atoms with Crippen LogP contribution in [0, 0.1) is 0 Å². The molecule has 1 amide bonds. The summed E-state index contributed by atoms with van der Waals surface area (Å²) < 4.78 is 16.8. The average Bonchev–Trinajstić information content (AvgIpc) is 3.00. The van der Waals surface area contributed by atoms with Crippen molar-refractivity contribution in [1.29, 1.82) is 0 Å². The second-order valence-electron chi connectivity index (χ2n) is 8.34. The molecule has 0 unspecified atom stereocenters. The van der Waals surface area contributed by atoms with Crippen LogP contribution in [0.25, 0.3) is 0 Å². The van der Waals surface area contributed by atoms with Gasteiger partial charge in [0.15, 0.2) is 5.79 Å². The average molecular weight is 377 g/mol. The van der Waals surface area contributed by atoms with Gasteiger partial charge in [-0.25, -0.2) is 4.79 Å². The van der Waals surface area contributed by atoms with E-state index in [-0.39, 0.29) is 5.91 Å². The molecule has 1 heterocycles. The number of amides is 1. The Kier molecular flexibility index (Phi) is 6.65. The number of carbonyl (C=O) groups excluding carboxylic acids is 2. The first-order valence-electron chi connectivity index (χ1n) is 9.42. The van der Waals surface area contributed by atoms with Crippen molar-refractivity contribution in [3.8, 4) is 0 Å². The lowest BCUT2D eigenvalue weighted by atomic mass is 9.92. The molecular formula is C21H31NO5. The molecule has 1 aliphatic heterocycles. The number of ether oxygens (including phenoxy) is 3. The van der Waals surface area contributed by atoms with Gasteiger partial charge in [-0.15, -0.1) is 0 Å². The molecule has 6 nitrogen and oxygen atoms in total. The van der Waals surface area contributed by atoms with Gasteiger partial charge in [0, 0.05) is 12.0 Å². The van der Waals surface area contributed by atoms with Crippen LogP contribution in [0.1, 0.15) is 64.2 Å². The fraction of sp³-hybridized carbons (Fsp3) is 0.619. The minimum atomic E-state index is -1.14. The molecule has 0 bridgehead atoms. The predicted molar refractivity (Wildman–Crippen MR) is 102 cm³/mol. The molecular weight excluding hydrogens is 346 g/mol. The summed E-state index contributed by atoms with van der Waals surface area (Å²) in [6.45, 7) is 10.2. The number of benzene rings is 1. The van der Waals surface area contributed by atoms with Crippen LogP contribution >= 0.6 is 0 Å². The highest BCUT2D eigenvalue weighted by Gasteiger charge is 2.40. The highest BCUT2D eigenvalue weighted by atomic mass is 16.7. The van der Waals surface area contributed by atoms with Crippen molar-refractivity contribution in [3.63, 3.8) is 0 Å². The smallest absolute Gasteiger partial charge is 0.332 e. The van der Waals surface area contributed by atoms with Crippen LogP contribution in [-0.4, -0.2) is 42.0 Å². The van der Waals surface area contributed by atoms with Crippen LogP contribution in [0.15, 0.2) is 30.3 Å². The lowest BCUT2D eigenvalue weighted by molar-refractivity contribution is -0.164. The number of hydrogen-bond acceptors (Lipinski definition) is 5. The first-order chi connectivity index (χ1) is 12.5. The minimum absolute atomic E-state index is 0.302. The highest BCUT2D eigenvalue weighted by Crippen LogP contribution is 2.28. The second-order valence-corrected chi connectivity index (χ2v) is 8.34. The van der Waals surface area contributed by atoms with Gasteiger partial charge in [-0.05, 0) is 59.6 Å². The van der Waals surface area contributed by atoms with Crippen molar-refractivity contribution in [1.82, 2.24) is 5.32 Å². The molecule has 0 aromatic heterocycles. The standard InChI is InChI=1S/C21H31NO5/c1-19(2,3)27-18(24)20(4,12-9-13-21(5)25-14-15-26-21)22-17(23)16-10-7-6-8-11-16/h6-8,10-11H,9,12-15H2,1-5H3,(H,22,23)/t20-/m1/s1. The molecule has 1 N–H and O–H groups in total. The van der Waals surface area contributed by atoms with E-state index < -0.39 is 22.9 Å². The SMILES string of the molecule is CC(C)(C)OC(=O)[C@@](C)(CCCC1(C)OCCO1)NC(=O)c1ccccc1. The van der Waals surface area contributed by atoms with Gasteiger partial charge in [0.1, 0.15) is 11.1 Å². The largest absolute Gasteiger partial charge is 0.458 e. The minimum Gasteiger partial charge on any atom is -0.458 e. The lowest BCUT2D eigenvalue weighted by Crippen LogP contribution is -2.54. The first-order valence-corrected chi connectivity index (χ1v) is 9.42. The summed E-state index contributed by atoms with van der Waals surface area (Å²) in [5, 5.41) is 2.87. The van der Waals surface area contributed by atoms with E-state index in [9.17, 15) is 9.59 Å². The van der Waals surface area contributed by atoms with Gasteiger partial charge in [-0.3, -0.25) is 4.79 Å². The molecule has 0 radical (unpaired) electrons. The normalized spacial score (nSPS) is 18.6. The number of esters is 1. The van der Waals surface area contributed by atoms with Crippen LogP contribution in [0.2, 0.25) is 0 Å². The summed E-state index contributed by atoms with van der Waals surface area (Å²) in [6, 6.07) is 8.84. The zero-order valence-corrected chi connectivity index (χ0v) is 17.0. The van der Waals surface area contributed by atoms with Crippen molar-refractivity contribution < 1.29 is 23.8 Å². The number of carbonyl (C=O) groups is 2. The van der Waals surface area contributed by atoms with Crippen LogP contribution < -0.4 is 5.32 Å². The van der Waals surface area contributed by atoms with Crippen molar-refractivity contribution >= 4 is 11.9 Å². The monoisotopic (exact) mass is 377 g/mol. The second kappa shape index (κ2) is 8.40. The number of rotatable bonds is 7. The maximum absolute atomic E-state index is 12.9. The van der Waals surface area contributed by atoms with Crippen molar-refractivity contribution in [3.05, 3.63) is 35.9 Å². The molecule has 1 saturated heterocycles. The molecule has 0 spiro atoms. The summed E-state index contributed by atoms with van der Waals surface area (Å²) in [4.78, 5) is 25.5. The van der Waals surface area contributed by atoms with E-state index >= 15 is 0 Å². The first kappa shape index (κ1) is 21.4. The van der Waals surface area contributed by atoms with E-state index in [4.69, 9.17) is 14.2 Å². The van der Waals surface area contributed by atoms with Gasteiger partial charge in [0.05, 0.1) is 13.2 Å². The van der Waals surface area contributed by atoms with E-state index in [1.165, 1.54) is 0 Å². The maximum Gasteiger partial charge on any atom is 0.332 e. The van der Waals surface area contributed by atoms with Gasteiger partial charge in [0.25, 0.3) is 5.91 Å². The van der Waals surface area contributed by atoms with Crippen LogP contribution in [0.5, 0.6) is 0 Å². The highest BCUT2D eigenvalue weighted by molar-refractivity contribution is 5.98. The third-order valence-corrected chi connectivity index (χ3v) is 4.48. The third kappa shape index (κ3) is 6.33. The van der Waals surface area contributed by atoms with Crippen molar-refractivity contribution in [2.45, 2.75) is 70.8 Å². The topological polar surface area (TPSA) is 73.9 Å². The van der Waals surface area contributed by atoms with Crippen LogP contribution in [0.4, 0.5) is 0 Å². The van der Waals surface area contributed by atoms with Gasteiger partial charge >= 0.3 is 5.97 Å². The molecule has 27 heavy (non-hydrogen) atoms. The number of nitrogens with one attached hydrogen (secondary N) is 1. The summed E-state index contributed by atoms with van der Waals surface area (Å²) in [5.41, 5.74) is -1.28. The lowest BCUT2D eigenvalue weighted by Gasteiger charge is -2.33. The van der Waals surface area contributed by atoms with E-state index in [2.05, 4.69) is 5.32 Å². The Hall–Kier alpha value is -1.92. The maximum atomic E-state index is 12.9. The van der Waals surface area contributed by atoms with Gasteiger partial charge in [-0.1, -0.05) is 18.2 Å². The molecule has 1 atom stereocenters. The Morgan fingerprint density at radius 1 is 1.11 bits per heavy atom. The van der Waals surface area contributed by atoms with E-state index in [1.807, 2.05) is 33.8 Å². The molecule has 0 saturated carbocycles. The zero-order chi connectivity index (χ0) is 20.1. The summed E-state index contributed by atoms with van der Waals surface area (Å²) in [6.07, 6.45) is 1.69. The molecule has 1 fully saturated rings. The Morgan fingerprint density at radius 3 is 2.26 bits per heavy atom. The molecule has 6 heteroatoms. The van der Waals surface area contributed by atoms with E-state index in [0.717, 1.165) is 0 Å². The van der Waals surface area contributed by atoms with Crippen molar-refractivity contribution in [2.24, 2.45) is 0 Å². The Balaban J connectivity index is 2.09. The fourth-order valence-corrected chi connectivity index (χ4v) is 2.98. The van der Waals surface area contributed by atoms with Crippen LogP contribution in [0.3, 0.4) is 0 Å². The third-order valence-electron chi connectivity index (χ3n) is 4.48. The Bertz CT molecular complexity index is 646. The molecule has 1 aromatic carbocycles. The van der Waals surface area contributed by atoms with Gasteiger partial charge in [0.2, 0.25) is 0 Å². The van der Waals surface area contributed by atoms with Crippen LogP contribution in [-0.2, 0) is 19.0 Å².